The summed E-state index contributed by atoms with van der Waals surface area (Å²) >= 11 is 0. The average Bonchev–Trinajstić information content (AvgIpc) is 2.77. The Kier molecular flexibility index (Phi) is 21.4. The molecule has 206 valence electrons. The summed E-state index contributed by atoms with van der Waals surface area (Å²) in [5.41, 5.74) is -0.516. The second kappa shape index (κ2) is 22.6. The van der Waals surface area contributed by atoms with Crippen molar-refractivity contribution in [1.29, 1.82) is 0 Å². The van der Waals surface area contributed by atoms with Crippen LogP contribution in [-0.4, -0.2) is 114 Å². The van der Waals surface area contributed by atoms with Crippen molar-refractivity contribution in [1.82, 2.24) is 5.32 Å². The largest absolute Gasteiger partial charge is 0.481 e. The Hall–Kier alpha value is -1.83. The highest BCUT2D eigenvalue weighted by atomic mass is 16.6. The van der Waals surface area contributed by atoms with Crippen molar-refractivity contribution < 1.29 is 52.6 Å². The molecule has 12 heteroatoms. The second-order valence-electron chi connectivity index (χ2n) is 8.30. The molecule has 0 spiro atoms. The molecule has 0 fully saturated rings. The average molecular weight is 510 g/mol. The van der Waals surface area contributed by atoms with Gasteiger partial charge in [-0.15, -0.1) is 0 Å². The predicted molar refractivity (Wildman–Crippen MR) is 125 cm³/mol. The summed E-state index contributed by atoms with van der Waals surface area (Å²) in [6.45, 7) is 10.5. The maximum atomic E-state index is 11.4. The van der Waals surface area contributed by atoms with Gasteiger partial charge in [0.2, 0.25) is 5.91 Å². The van der Waals surface area contributed by atoms with Gasteiger partial charge in [0.05, 0.1) is 72.5 Å². The van der Waals surface area contributed by atoms with Gasteiger partial charge in [0.1, 0.15) is 12.2 Å². The van der Waals surface area contributed by atoms with Crippen LogP contribution >= 0.6 is 0 Å². The van der Waals surface area contributed by atoms with E-state index >= 15 is 0 Å². The van der Waals surface area contributed by atoms with Gasteiger partial charge in [0.25, 0.3) is 0 Å². The Morgan fingerprint density at radius 3 is 1.51 bits per heavy atom. The molecule has 12 nitrogen and oxygen atoms in total. The minimum Gasteiger partial charge on any atom is -0.481 e. The normalized spacial score (nSPS) is 11.4. The topological polar surface area (TPSA) is 148 Å². The molecule has 0 aromatic heterocycles. The summed E-state index contributed by atoms with van der Waals surface area (Å²) in [6.07, 6.45) is 0.472. The summed E-state index contributed by atoms with van der Waals surface area (Å²) in [5, 5.41) is 11.1. The highest BCUT2D eigenvalue weighted by Crippen LogP contribution is 2.06. The van der Waals surface area contributed by atoms with Crippen LogP contribution in [0.25, 0.3) is 0 Å². The van der Waals surface area contributed by atoms with Crippen LogP contribution in [0, 0.1) is 0 Å². The lowest BCUT2D eigenvalue weighted by atomic mass is 10.2. The number of esters is 1. The molecule has 0 unspecified atom stereocenters. The Labute approximate surface area is 207 Å². The number of nitrogens with one attached hydrogen (secondary N) is 1. The van der Waals surface area contributed by atoms with Crippen molar-refractivity contribution in [3.63, 3.8) is 0 Å². The number of carbonyl (C=O) groups is 3. The zero-order chi connectivity index (χ0) is 26.2. The number of ether oxygens (including phenoxy) is 7. The highest BCUT2D eigenvalue weighted by Gasteiger charge is 2.15. The molecule has 35 heavy (non-hydrogen) atoms. The van der Waals surface area contributed by atoms with Gasteiger partial charge in [-0.25, -0.2) is 4.79 Å². The van der Waals surface area contributed by atoms with Gasteiger partial charge in [-0.05, 0) is 27.2 Å². The van der Waals surface area contributed by atoms with E-state index in [-0.39, 0.29) is 25.4 Å². The number of hydrogen-bond donors (Lipinski definition) is 2. The van der Waals surface area contributed by atoms with E-state index in [0.29, 0.717) is 85.6 Å². The fourth-order valence-corrected chi connectivity index (χ4v) is 2.34. The minimum absolute atomic E-state index is 0.0115. The molecule has 1 amide bonds. The van der Waals surface area contributed by atoms with E-state index in [4.69, 9.17) is 38.3 Å². The first kappa shape index (κ1) is 33.2. The lowest BCUT2D eigenvalue weighted by Gasteiger charge is -2.19. The molecular weight excluding hydrogens is 466 g/mol. The Bertz CT molecular complexity index is 552. The Morgan fingerprint density at radius 1 is 0.657 bits per heavy atom. The highest BCUT2D eigenvalue weighted by molar-refractivity contribution is 5.80. The van der Waals surface area contributed by atoms with Crippen molar-refractivity contribution in [3.05, 3.63) is 0 Å². The van der Waals surface area contributed by atoms with Gasteiger partial charge in [0.15, 0.2) is 0 Å². The van der Waals surface area contributed by atoms with Crippen LogP contribution in [0.15, 0.2) is 0 Å². The SMILES string of the molecule is CC(C)(C)OC(=O)COCCOCCOCCOCCOCCOCCCNC(=O)CCC(=O)O. The molecule has 0 atom stereocenters. The zero-order valence-electron chi connectivity index (χ0n) is 21.3. The molecule has 0 heterocycles. The maximum absolute atomic E-state index is 11.4. The first-order valence-electron chi connectivity index (χ1n) is 11.9. The lowest BCUT2D eigenvalue weighted by molar-refractivity contribution is -0.160. The summed E-state index contributed by atoms with van der Waals surface area (Å²) in [6, 6.07) is 0. The van der Waals surface area contributed by atoms with Crippen LogP contribution in [0.3, 0.4) is 0 Å². The van der Waals surface area contributed by atoms with Crippen LogP contribution in [0.1, 0.15) is 40.0 Å². The number of carboxylic acid groups (broad SMARTS) is 1. The Morgan fingerprint density at radius 2 is 1.09 bits per heavy atom. The maximum Gasteiger partial charge on any atom is 0.332 e. The number of carbonyl (C=O) groups excluding carboxylic acids is 2. The van der Waals surface area contributed by atoms with Crippen LogP contribution in [-0.2, 0) is 47.5 Å². The van der Waals surface area contributed by atoms with Crippen LogP contribution in [0.5, 0.6) is 0 Å². The lowest BCUT2D eigenvalue weighted by Crippen LogP contribution is -2.27. The molecule has 0 aliphatic carbocycles. The number of amides is 1. The van der Waals surface area contributed by atoms with Gasteiger partial charge in [0, 0.05) is 19.6 Å². The fraction of sp³-hybridized carbons (Fsp3) is 0.870. The molecule has 0 aromatic carbocycles. The van der Waals surface area contributed by atoms with Gasteiger partial charge in [-0.3, -0.25) is 9.59 Å². The van der Waals surface area contributed by atoms with Crippen molar-refractivity contribution in [2.24, 2.45) is 0 Å². The molecule has 0 saturated heterocycles. The van der Waals surface area contributed by atoms with E-state index in [1.165, 1.54) is 0 Å². The van der Waals surface area contributed by atoms with Gasteiger partial charge in [-0.2, -0.15) is 0 Å². The van der Waals surface area contributed by atoms with E-state index in [0.717, 1.165) is 0 Å². The first-order chi connectivity index (χ1) is 16.7. The molecule has 2 N–H and O–H groups in total. The number of hydrogen-bond acceptors (Lipinski definition) is 10. The molecular formula is C23H43NO11. The fourth-order valence-electron chi connectivity index (χ4n) is 2.34. The monoisotopic (exact) mass is 509 g/mol. The molecule has 0 aliphatic rings. The minimum atomic E-state index is -0.985. The van der Waals surface area contributed by atoms with Crippen LogP contribution in [0.2, 0.25) is 0 Å². The first-order valence-corrected chi connectivity index (χ1v) is 11.9. The zero-order valence-corrected chi connectivity index (χ0v) is 21.3. The van der Waals surface area contributed by atoms with E-state index < -0.39 is 17.5 Å². The van der Waals surface area contributed by atoms with Crippen LogP contribution in [0.4, 0.5) is 0 Å². The van der Waals surface area contributed by atoms with Crippen molar-refractivity contribution in [3.8, 4) is 0 Å². The van der Waals surface area contributed by atoms with Crippen LogP contribution < -0.4 is 5.32 Å². The third kappa shape index (κ3) is 28.3. The van der Waals surface area contributed by atoms with Gasteiger partial charge in [-0.1, -0.05) is 0 Å². The van der Waals surface area contributed by atoms with Crippen molar-refractivity contribution in [2.75, 3.05) is 85.8 Å². The number of carboxylic acids is 1. The standard InChI is InChI=1S/C23H43NO11/c1-23(2,3)35-22(28)19-34-18-17-33-16-15-32-14-13-31-12-11-30-10-9-29-8-4-7-24-20(25)5-6-21(26)27/h4-19H2,1-3H3,(H,24,25)(H,26,27). The van der Waals surface area contributed by atoms with Gasteiger partial charge < -0.3 is 43.6 Å². The third-order valence-corrected chi connectivity index (χ3v) is 3.85. The third-order valence-electron chi connectivity index (χ3n) is 3.85. The summed E-state index contributed by atoms with van der Waals surface area (Å²) in [7, 11) is 0. The summed E-state index contributed by atoms with van der Waals surface area (Å²) in [4.78, 5) is 33.1. The molecule has 0 saturated carbocycles. The van der Waals surface area contributed by atoms with Crippen molar-refractivity contribution in [2.45, 2.75) is 45.6 Å². The van der Waals surface area contributed by atoms with Gasteiger partial charge >= 0.3 is 11.9 Å². The number of rotatable bonds is 24. The molecule has 0 radical (unpaired) electrons. The molecule has 0 aromatic rings. The van der Waals surface area contributed by atoms with Crippen molar-refractivity contribution >= 4 is 17.8 Å². The van der Waals surface area contributed by atoms with E-state index in [2.05, 4.69) is 5.32 Å². The second-order valence-corrected chi connectivity index (χ2v) is 8.30. The van der Waals surface area contributed by atoms with E-state index in [9.17, 15) is 14.4 Å². The summed E-state index contributed by atoms with van der Waals surface area (Å²) < 4.78 is 37.2. The number of aliphatic carboxylic acids is 1. The smallest absolute Gasteiger partial charge is 0.332 e. The molecule has 0 bridgehead atoms. The Balaban J connectivity index is 3.18. The predicted octanol–water partition coefficient (Wildman–Crippen LogP) is 0.799. The van der Waals surface area contributed by atoms with E-state index in [1.807, 2.05) is 0 Å². The van der Waals surface area contributed by atoms with E-state index in [1.54, 1.807) is 20.8 Å². The molecule has 0 aliphatic heterocycles. The quantitative estimate of drug-likeness (QED) is 0.141. The summed E-state index contributed by atoms with van der Waals surface area (Å²) in [5.74, 6) is -1.65. The molecule has 0 rings (SSSR count).